The van der Waals surface area contributed by atoms with Crippen LogP contribution in [0.15, 0.2) is 12.3 Å². The lowest BCUT2D eigenvalue weighted by Gasteiger charge is -2.13. The quantitative estimate of drug-likeness (QED) is 0.826. The summed E-state index contributed by atoms with van der Waals surface area (Å²) in [5.74, 6) is 0.538. The number of likely N-dealkylation sites (tertiary alicyclic amines) is 1. The van der Waals surface area contributed by atoms with E-state index in [-0.39, 0.29) is 5.91 Å². The van der Waals surface area contributed by atoms with Crippen LogP contribution in [0.4, 0.5) is 5.69 Å². The predicted molar refractivity (Wildman–Crippen MR) is 72.4 cm³/mol. The summed E-state index contributed by atoms with van der Waals surface area (Å²) in [4.78, 5) is 14.4. The molecule has 0 bridgehead atoms. The van der Waals surface area contributed by atoms with Gasteiger partial charge in [0.15, 0.2) is 0 Å². The lowest BCUT2D eigenvalue weighted by molar-refractivity contribution is 0.0939. The van der Waals surface area contributed by atoms with E-state index >= 15 is 0 Å². The second-order valence-corrected chi connectivity index (χ2v) is 5.03. The molecule has 1 aromatic rings. The van der Waals surface area contributed by atoms with Gasteiger partial charge in [-0.25, -0.2) is 0 Å². The molecular weight excluding hydrogens is 228 g/mol. The number of hydrogen-bond donors (Lipinski definition) is 2. The molecule has 1 aliphatic heterocycles. The van der Waals surface area contributed by atoms with Crippen LogP contribution in [0.5, 0.6) is 0 Å². The molecule has 3 N–H and O–H groups in total. The summed E-state index contributed by atoms with van der Waals surface area (Å²) >= 11 is 0. The first-order chi connectivity index (χ1) is 8.60. The molecule has 18 heavy (non-hydrogen) atoms. The van der Waals surface area contributed by atoms with E-state index in [1.807, 2.05) is 7.05 Å². The Labute approximate surface area is 108 Å². The Bertz CT molecular complexity index is 427. The first-order valence-electron chi connectivity index (χ1n) is 6.52. The Morgan fingerprint density at radius 3 is 2.94 bits per heavy atom. The molecule has 5 nitrogen and oxygen atoms in total. The third-order valence-electron chi connectivity index (χ3n) is 3.63. The zero-order chi connectivity index (χ0) is 13.1. The molecule has 100 valence electrons. The fourth-order valence-corrected chi connectivity index (χ4v) is 2.51. The lowest BCUT2D eigenvalue weighted by atomic mass is 10.1. The fourth-order valence-electron chi connectivity index (χ4n) is 2.51. The normalized spacial score (nSPS) is 20.2. The third kappa shape index (κ3) is 2.85. The molecule has 0 saturated carbocycles. The molecule has 1 unspecified atom stereocenters. The maximum Gasteiger partial charge on any atom is 0.267 e. The van der Waals surface area contributed by atoms with E-state index in [0.717, 1.165) is 26.2 Å². The highest BCUT2D eigenvalue weighted by molar-refractivity contribution is 5.93. The van der Waals surface area contributed by atoms with Gasteiger partial charge in [0.2, 0.25) is 0 Å². The van der Waals surface area contributed by atoms with Gasteiger partial charge in [0.1, 0.15) is 5.69 Å². The molecule has 1 atom stereocenters. The number of anilines is 1. The van der Waals surface area contributed by atoms with Crippen LogP contribution < -0.4 is 11.1 Å². The Morgan fingerprint density at radius 1 is 1.61 bits per heavy atom. The topological polar surface area (TPSA) is 63.3 Å². The first-order valence-corrected chi connectivity index (χ1v) is 6.52. The van der Waals surface area contributed by atoms with E-state index in [1.165, 1.54) is 6.42 Å². The van der Waals surface area contributed by atoms with Gasteiger partial charge in [0, 0.05) is 26.3 Å². The molecule has 1 fully saturated rings. The number of nitrogen functional groups attached to an aromatic ring is 1. The van der Waals surface area contributed by atoms with Crippen molar-refractivity contribution in [2.45, 2.75) is 13.3 Å². The van der Waals surface area contributed by atoms with Crippen molar-refractivity contribution < 1.29 is 4.79 Å². The molecule has 0 aliphatic carbocycles. The van der Waals surface area contributed by atoms with Crippen molar-refractivity contribution in [3.8, 4) is 0 Å². The number of aromatic nitrogens is 1. The zero-order valence-electron chi connectivity index (χ0n) is 11.1. The molecule has 2 heterocycles. The van der Waals surface area contributed by atoms with Crippen molar-refractivity contribution in [3.63, 3.8) is 0 Å². The van der Waals surface area contributed by atoms with E-state index in [9.17, 15) is 4.79 Å². The molecule has 0 aromatic carbocycles. The van der Waals surface area contributed by atoms with Crippen molar-refractivity contribution in [2.24, 2.45) is 13.0 Å². The average molecular weight is 250 g/mol. The van der Waals surface area contributed by atoms with Crippen LogP contribution >= 0.6 is 0 Å². The lowest BCUT2D eigenvalue weighted by Crippen LogP contribution is -2.31. The minimum absolute atomic E-state index is 0.0378. The van der Waals surface area contributed by atoms with Crippen molar-refractivity contribution in [1.29, 1.82) is 0 Å². The van der Waals surface area contributed by atoms with Gasteiger partial charge in [-0.05, 0) is 31.5 Å². The highest BCUT2D eigenvalue weighted by atomic mass is 16.1. The number of amides is 1. The first kappa shape index (κ1) is 13.0. The van der Waals surface area contributed by atoms with Gasteiger partial charge in [-0.15, -0.1) is 0 Å². The van der Waals surface area contributed by atoms with E-state index in [2.05, 4.69) is 17.1 Å². The summed E-state index contributed by atoms with van der Waals surface area (Å²) in [5.41, 5.74) is 6.91. The van der Waals surface area contributed by atoms with Crippen LogP contribution in [-0.4, -0.2) is 41.6 Å². The second-order valence-electron chi connectivity index (χ2n) is 5.03. The van der Waals surface area contributed by atoms with Crippen molar-refractivity contribution in [2.75, 3.05) is 31.9 Å². The standard InChI is InChI=1S/C13H22N4O/c1-3-17-5-4-10(8-17)7-15-13(18)12-6-11(14)9-16(12)2/h6,9-10H,3-5,7-8,14H2,1-2H3,(H,15,18). The minimum atomic E-state index is -0.0378. The van der Waals surface area contributed by atoms with Gasteiger partial charge in [-0.3, -0.25) is 4.79 Å². The maximum absolute atomic E-state index is 12.0. The number of nitrogens with zero attached hydrogens (tertiary/aromatic N) is 2. The average Bonchev–Trinajstić information content (AvgIpc) is 2.92. The largest absolute Gasteiger partial charge is 0.397 e. The molecule has 0 radical (unpaired) electrons. The summed E-state index contributed by atoms with van der Waals surface area (Å²) in [6.07, 6.45) is 2.92. The fraction of sp³-hybridized carbons (Fsp3) is 0.615. The van der Waals surface area contributed by atoms with Crippen molar-refractivity contribution >= 4 is 11.6 Å². The summed E-state index contributed by atoms with van der Waals surface area (Å²) in [6.45, 7) is 6.26. The second kappa shape index (κ2) is 5.44. The molecule has 0 spiro atoms. The Kier molecular flexibility index (Phi) is 3.91. The number of rotatable bonds is 4. The van der Waals surface area contributed by atoms with Crippen LogP contribution in [0.1, 0.15) is 23.8 Å². The van der Waals surface area contributed by atoms with Crippen LogP contribution in [0.2, 0.25) is 0 Å². The summed E-state index contributed by atoms with van der Waals surface area (Å²) < 4.78 is 1.76. The van der Waals surface area contributed by atoms with Gasteiger partial charge in [-0.2, -0.15) is 0 Å². The van der Waals surface area contributed by atoms with Crippen LogP contribution in [0.3, 0.4) is 0 Å². The van der Waals surface area contributed by atoms with E-state index in [4.69, 9.17) is 5.73 Å². The van der Waals surface area contributed by atoms with E-state index in [0.29, 0.717) is 17.3 Å². The number of carbonyl (C=O) groups excluding carboxylic acids is 1. The van der Waals surface area contributed by atoms with E-state index in [1.54, 1.807) is 16.8 Å². The highest BCUT2D eigenvalue weighted by Gasteiger charge is 2.22. The smallest absolute Gasteiger partial charge is 0.267 e. The van der Waals surface area contributed by atoms with Crippen LogP contribution in [0, 0.1) is 5.92 Å². The predicted octanol–water partition coefficient (Wildman–Crippen LogP) is 0.679. The van der Waals surface area contributed by atoms with Gasteiger partial charge in [0.25, 0.3) is 5.91 Å². The molecular formula is C13H22N4O. The molecule has 2 rings (SSSR count). The Balaban J connectivity index is 1.84. The van der Waals surface area contributed by atoms with Gasteiger partial charge in [-0.1, -0.05) is 6.92 Å². The number of hydrogen-bond acceptors (Lipinski definition) is 3. The van der Waals surface area contributed by atoms with Gasteiger partial charge in [0.05, 0.1) is 5.69 Å². The number of carbonyl (C=O) groups is 1. The third-order valence-corrected chi connectivity index (χ3v) is 3.63. The highest BCUT2D eigenvalue weighted by Crippen LogP contribution is 2.15. The summed E-state index contributed by atoms with van der Waals surface area (Å²) in [5, 5.41) is 3.00. The van der Waals surface area contributed by atoms with Crippen LogP contribution in [-0.2, 0) is 7.05 Å². The minimum Gasteiger partial charge on any atom is -0.397 e. The number of nitrogens with one attached hydrogen (secondary N) is 1. The van der Waals surface area contributed by atoms with Gasteiger partial charge < -0.3 is 20.5 Å². The molecule has 1 saturated heterocycles. The zero-order valence-corrected chi connectivity index (χ0v) is 11.1. The summed E-state index contributed by atoms with van der Waals surface area (Å²) in [6, 6.07) is 1.71. The SMILES string of the molecule is CCN1CCC(CNC(=O)c2cc(N)cn2C)C1. The monoisotopic (exact) mass is 250 g/mol. The Morgan fingerprint density at radius 2 is 2.39 bits per heavy atom. The van der Waals surface area contributed by atoms with E-state index < -0.39 is 0 Å². The molecule has 1 aromatic heterocycles. The molecule has 1 aliphatic rings. The maximum atomic E-state index is 12.0. The molecule has 5 heteroatoms. The number of aryl methyl sites for hydroxylation is 1. The van der Waals surface area contributed by atoms with Crippen LogP contribution in [0.25, 0.3) is 0 Å². The van der Waals surface area contributed by atoms with Crippen molar-refractivity contribution in [3.05, 3.63) is 18.0 Å². The van der Waals surface area contributed by atoms with Crippen molar-refractivity contribution in [1.82, 2.24) is 14.8 Å². The number of nitrogens with two attached hydrogens (primary N) is 1. The van der Waals surface area contributed by atoms with Gasteiger partial charge >= 0.3 is 0 Å². The summed E-state index contributed by atoms with van der Waals surface area (Å²) in [7, 11) is 1.83. The Hall–Kier alpha value is -1.49. The molecule has 1 amide bonds.